The van der Waals surface area contributed by atoms with Crippen molar-refractivity contribution >= 4 is 11.6 Å². The number of ether oxygens (including phenoxy) is 2. The van der Waals surface area contributed by atoms with Gasteiger partial charge < -0.3 is 9.47 Å². The van der Waals surface area contributed by atoms with Crippen LogP contribution in [0.4, 0.5) is 13.2 Å². The Morgan fingerprint density at radius 1 is 1.10 bits per heavy atom. The van der Waals surface area contributed by atoms with Crippen LogP contribution in [0, 0.1) is 0 Å². The second-order valence-electron chi connectivity index (χ2n) is 3.63. The summed E-state index contributed by atoms with van der Waals surface area (Å²) in [6.45, 7) is 0. The first-order valence-corrected chi connectivity index (χ1v) is 5.69. The summed E-state index contributed by atoms with van der Waals surface area (Å²) in [5.41, 5.74) is -0.766. The van der Waals surface area contributed by atoms with Gasteiger partial charge >= 0.3 is 6.18 Å². The third kappa shape index (κ3) is 3.11. The van der Waals surface area contributed by atoms with Crippen LogP contribution in [0.3, 0.4) is 0 Å². The van der Waals surface area contributed by atoms with E-state index in [9.17, 15) is 13.2 Å². The zero-order valence-electron chi connectivity index (χ0n) is 10.1. The standard InChI is InChI=1S/C12H8ClF3N2O2/c1-19-9-10(13)17-6-18-11(9)20-8-4-2-7(3-5-8)12(14,15)16/h2-6H,1H3. The molecule has 4 nitrogen and oxygen atoms in total. The summed E-state index contributed by atoms with van der Waals surface area (Å²) in [5.74, 6) is 0.299. The maximum Gasteiger partial charge on any atom is 0.416 e. The Kier molecular flexibility index (Phi) is 3.99. The lowest BCUT2D eigenvalue weighted by Gasteiger charge is -2.10. The van der Waals surface area contributed by atoms with Gasteiger partial charge in [-0.1, -0.05) is 11.6 Å². The van der Waals surface area contributed by atoms with E-state index >= 15 is 0 Å². The number of hydrogen-bond acceptors (Lipinski definition) is 4. The van der Waals surface area contributed by atoms with Gasteiger partial charge in [0, 0.05) is 0 Å². The molecule has 1 heterocycles. The highest BCUT2D eigenvalue weighted by Gasteiger charge is 2.30. The minimum absolute atomic E-state index is 0.0206. The Morgan fingerprint density at radius 3 is 2.30 bits per heavy atom. The van der Waals surface area contributed by atoms with E-state index in [1.54, 1.807) is 0 Å². The lowest BCUT2D eigenvalue weighted by molar-refractivity contribution is -0.137. The molecular weight excluding hydrogens is 297 g/mol. The van der Waals surface area contributed by atoms with Gasteiger partial charge in [-0.05, 0) is 24.3 Å². The van der Waals surface area contributed by atoms with Gasteiger partial charge in [-0.25, -0.2) is 4.98 Å². The summed E-state index contributed by atoms with van der Waals surface area (Å²) in [5, 5.41) is 0.0458. The van der Waals surface area contributed by atoms with Crippen molar-refractivity contribution in [2.24, 2.45) is 0 Å². The summed E-state index contributed by atoms with van der Waals surface area (Å²) in [4.78, 5) is 7.51. The van der Waals surface area contributed by atoms with E-state index in [0.29, 0.717) is 0 Å². The fraction of sp³-hybridized carbons (Fsp3) is 0.167. The third-order valence-corrected chi connectivity index (χ3v) is 2.60. The Labute approximate surface area is 117 Å². The van der Waals surface area contributed by atoms with Crippen molar-refractivity contribution in [3.05, 3.63) is 41.3 Å². The predicted molar refractivity (Wildman–Crippen MR) is 65.1 cm³/mol. The quantitative estimate of drug-likeness (QED) is 0.805. The van der Waals surface area contributed by atoms with Gasteiger partial charge in [-0.3, -0.25) is 0 Å². The van der Waals surface area contributed by atoms with E-state index in [1.807, 2.05) is 0 Å². The fourth-order valence-corrected chi connectivity index (χ4v) is 1.61. The Hall–Kier alpha value is -2.02. The minimum atomic E-state index is -4.39. The molecule has 0 aliphatic rings. The van der Waals surface area contributed by atoms with Crippen LogP contribution < -0.4 is 9.47 Å². The molecule has 0 saturated carbocycles. The molecule has 0 N–H and O–H groups in total. The lowest BCUT2D eigenvalue weighted by Crippen LogP contribution is -2.04. The smallest absolute Gasteiger partial charge is 0.416 e. The maximum absolute atomic E-state index is 12.4. The largest absolute Gasteiger partial charge is 0.489 e. The molecule has 2 aromatic rings. The number of benzene rings is 1. The monoisotopic (exact) mass is 304 g/mol. The van der Waals surface area contributed by atoms with Crippen molar-refractivity contribution in [3.63, 3.8) is 0 Å². The molecule has 0 unspecified atom stereocenters. The number of aromatic nitrogens is 2. The van der Waals surface area contributed by atoms with Gasteiger partial charge in [0.25, 0.3) is 5.88 Å². The SMILES string of the molecule is COc1c(Cl)ncnc1Oc1ccc(C(F)(F)F)cc1. The summed E-state index contributed by atoms with van der Waals surface area (Å²) in [6.07, 6.45) is -3.24. The molecule has 0 aliphatic carbocycles. The first-order chi connectivity index (χ1) is 9.41. The summed E-state index contributed by atoms with van der Waals surface area (Å²) >= 11 is 5.78. The van der Waals surface area contributed by atoms with Gasteiger partial charge in [0.15, 0.2) is 5.15 Å². The normalized spacial score (nSPS) is 11.2. The molecule has 0 spiro atoms. The molecule has 20 heavy (non-hydrogen) atoms. The van der Waals surface area contributed by atoms with Crippen molar-refractivity contribution in [1.82, 2.24) is 9.97 Å². The molecule has 1 aromatic carbocycles. The van der Waals surface area contributed by atoms with Crippen molar-refractivity contribution in [1.29, 1.82) is 0 Å². The van der Waals surface area contributed by atoms with E-state index in [0.717, 1.165) is 18.5 Å². The van der Waals surface area contributed by atoms with E-state index < -0.39 is 11.7 Å². The molecule has 0 radical (unpaired) electrons. The molecule has 2 rings (SSSR count). The highest BCUT2D eigenvalue weighted by Crippen LogP contribution is 2.35. The summed E-state index contributed by atoms with van der Waals surface area (Å²) < 4.78 is 47.5. The minimum Gasteiger partial charge on any atom is -0.489 e. The van der Waals surface area contributed by atoms with Crippen LogP contribution >= 0.6 is 11.6 Å². The first-order valence-electron chi connectivity index (χ1n) is 5.31. The number of methoxy groups -OCH3 is 1. The van der Waals surface area contributed by atoms with Gasteiger partial charge in [-0.15, -0.1) is 0 Å². The van der Waals surface area contributed by atoms with Gasteiger partial charge in [0.1, 0.15) is 12.1 Å². The zero-order chi connectivity index (χ0) is 14.8. The average molecular weight is 305 g/mol. The number of rotatable bonds is 3. The van der Waals surface area contributed by atoms with E-state index in [4.69, 9.17) is 21.1 Å². The highest BCUT2D eigenvalue weighted by molar-refractivity contribution is 6.31. The summed E-state index contributed by atoms with van der Waals surface area (Å²) in [6, 6.07) is 4.17. The van der Waals surface area contributed by atoms with Crippen molar-refractivity contribution in [2.75, 3.05) is 7.11 Å². The Balaban J connectivity index is 2.25. The van der Waals surface area contributed by atoms with Gasteiger partial charge in [-0.2, -0.15) is 18.2 Å². The Morgan fingerprint density at radius 2 is 1.75 bits per heavy atom. The molecule has 0 bridgehead atoms. The van der Waals surface area contributed by atoms with Gasteiger partial charge in [0.2, 0.25) is 5.75 Å². The van der Waals surface area contributed by atoms with Crippen molar-refractivity contribution in [3.8, 4) is 17.4 Å². The third-order valence-electron chi connectivity index (χ3n) is 2.33. The van der Waals surface area contributed by atoms with E-state index in [-0.39, 0.29) is 22.5 Å². The van der Waals surface area contributed by atoms with Crippen LogP contribution in [-0.2, 0) is 6.18 Å². The number of nitrogens with zero attached hydrogens (tertiary/aromatic N) is 2. The van der Waals surface area contributed by atoms with Crippen LogP contribution in [-0.4, -0.2) is 17.1 Å². The molecule has 1 aromatic heterocycles. The molecule has 0 amide bonds. The van der Waals surface area contributed by atoms with Crippen LogP contribution in [0.1, 0.15) is 5.56 Å². The second kappa shape index (κ2) is 5.54. The van der Waals surface area contributed by atoms with Crippen molar-refractivity contribution < 1.29 is 22.6 Å². The molecule has 0 saturated heterocycles. The number of halogens is 4. The van der Waals surface area contributed by atoms with Crippen LogP contribution in [0.2, 0.25) is 5.15 Å². The molecule has 0 fully saturated rings. The molecule has 0 atom stereocenters. The predicted octanol–water partition coefficient (Wildman–Crippen LogP) is 3.95. The zero-order valence-corrected chi connectivity index (χ0v) is 10.9. The lowest BCUT2D eigenvalue weighted by atomic mass is 10.2. The Bertz CT molecular complexity index is 603. The molecule has 8 heteroatoms. The molecular formula is C12H8ClF3N2O2. The number of hydrogen-bond donors (Lipinski definition) is 0. The second-order valence-corrected chi connectivity index (χ2v) is 3.99. The van der Waals surface area contributed by atoms with Gasteiger partial charge in [0.05, 0.1) is 12.7 Å². The van der Waals surface area contributed by atoms with Crippen LogP contribution in [0.15, 0.2) is 30.6 Å². The molecule has 106 valence electrons. The topological polar surface area (TPSA) is 44.2 Å². The van der Waals surface area contributed by atoms with E-state index in [2.05, 4.69) is 9.97 Å². The first kappa shape index (κ1) is 14.4. The summed E-state index contributed by atoms with van der Waals surface area (Å²) in [7, 11) is 1.35. The average Bonchev–Trinajstić information content (AvgIpc) is 2.38. The molecule has 0 aliphatic heterocycles. The fourth-order valence-electron chi connectivity index (χ4n) is 1.41. The van der Waals surface area contributed by atoms with E-state index in [1.165, 1.54) is 19.2 Å². The number of alkyl halides is 3. The van der Waals surface area contributed by atoms with Crippen LogP contribution in [0.25, 0.3) is 0 Å². The highest BCUT2D eigenvalue weighted by atomic mass is 35.5. The maximum atomic E-state index is 12.4. The van der Waals surface area contributed by atoms with Crippen molar-refractivity contribution in [2.45, 2.75) is 6.18 Å². The van der Waals surface area contributed by atoms with Crippen LogP contribution in [0.5, 0.6) is 17.4 Å².